The summed E-state index contributed by atoms with van der Waals surface area (Å²) in [6, 6.07) is 0. The van der Waals surface area contributed by atoms with E-state index in [0.717, 1.165) is 43.2 Å². The molecule has 3 fully saturated rings. The number of allylic oxidation sites excluding steroid dienone is 2. The summed E-state index contributed by atoms with van der Waals surface area (Å²) in [6.45, 7) is 11.1. The van der Waals surface area contributed by atoms with Crippen LogP contribution in [0.3, 0.4) is 0 Å². The Balaban J connectivity index is 1.58. The first-order valence-electron chi connectivity index (χ1n) is 11.3. The predicted octanol–water partition coefficient (Wildman–Crippen LogP) is 5.31. The summed E-state index contributed by atoms with van der Waals surface area (Å²) < 4.78 is 0. The smallest absolute Gasteiger partial charge is 0.224 e. The number of amides is 1. The van der Waals surface area contributed by atoms with Gasteiger partial charge in [-0.1, -0.05) is 24.6 Å². The standard InChI is InChI=1S/C24H38N2O2/c1-22(2,3)25-21(27)20-9-8-18-17-7-6-15-14-16(26-28)10-12-23(15,4)19(17)11-13-24(18,20)5/h14,17-20,28H,6-13H2,1-5H3,(H,25,27)/b26-16+/t17?,18?,19?,20-,23+,24+/m1/s1. The van der Waals surface area contributed by atoms with Crippen molar-refractivity contribution >= 4 is 11.6 Å². The van der Waals surface area contributed by atoms with Crippen molar-refractivity contribution in [3.05, 3.63) is 11.6 Å². The first-order chi connectivity index (χ1) is 13.1. The summed E-state index contributed by atoms with van der Waals surface area (Å²) in [4.78, 5) is 13.1. The molecule has 0 saturated heterocycles. The maximum Gasteiger partial charge on any atom is 0.224 e. The van der Waals surface area contributed by atoms with Crippen molar-refractivity contribution in [2.75, 3.05) is 0 Å². The summed E-state index contributed by atoms with van der Waals surface area (Å²) in [5, 5.41) is 16.0. The number of carbonyl (C=O) groups is 1. The van der Waals surface area contributed by atoms with Crippen LogP contribution in [0, 0.1) is 34.5 Å². The number of hydrogen-bond donors (Lipinski definition) is 2. The molecule has 0 radical (unpaired) electrons. The molecule has 3 saturated carbocycles. The SMILES string of the molecule is CC(C)(C)NC(=O)[C@H]1CCC2C3CCC4=C/C(=N/O)CC[C@]4(C)C3CC[C@@]21C. The van der Waals surface area contributed by atoms with Crippen molar-refractivity contribution in [2.24, 2.45) is 39.7 Å². The lowest BCUT2D eigenvalue weighted by atomic mass is 9.47. The number of nitrogens with one attached hydrogen (secondary N) is 1. The van der Waals surface area contributed by atoms with Gasteiger partial charge >= 0.3 is 0 Å². The van der Waals surface area contributed by atoms with Crippen LogP contribution < -0.4 is 5.32 Å². The molecule has 4 aliphatic carbocycles. The monoisotopic (exact) mass is 386 g/mol. The van der Waals surface area contributed by atoms with Gasteiger partial charge in [-0.3, -0.25) is 4.79 Å². The Morgan fingerprint density at radius 3 is 2.54 bits per heavy atom. The van der Waals surface area contributed by atoms with Gasteiger partial charge < -0.3 is 10.5 Å². The van der Waals surface area contributed by atoms with Gasteiger partial charge in [0.15, 0.2) is 0 Å². The maximum atomic E-state index is 13.1. The van der Waals surface area contributed by atoms with Crippen LogP contribution in [0.2, 0.25) is 0 Å². The lowest BCUT2D eigenvalue weighted by molar-refractivity contribution is -0.133. The summed E-state index contributed by atoms with van der Waals surface area (Å²) >= 11 is 0. The lowest BCUT2D eigenvalue weighted by Crippen LogP contribution is -2.53. The van der Waals surface area contributed by atoms with E-state index in [-0.39, 0.29) is 28.2 Å². The molecule has 28 heavy (non-hydrogen) atoms. The molecule has 1 amide bonds. The second-order valence-corrected chi connectivity index (χ2v) is 11.5. The number of fused-ring (bicyclic) bond motifs is 5. The molecule has 3 unspecified atom stereocenters. The third-order valence-corrected chi connectivity index (χ3v) is 8.92. The molecule has 4 nitrogen and oxygen atoms in total. The van der Waals surface area contributed by atoms with Crippen LogP contribution in [-0.2, 0) is 4.79 Å². The highest BCUT2D eigenvalue weighted by atomic mass is 16.4. The quantitative estimate of drug-likeness (QED) is 0.474. The van der Waals surface area contributed by atoms with Crippen molar-refractivity contribution in [2.45, 2.75) is 91.5 Å². The van der Waals surface area contributed by atoms with Gasteiger partial charge in [0.25, 0.3) is 0 Å². The highest BCUT2D eigenvalue weighted by Gasteiger charge is 2.60. The Morgan fingerprint density at radius 1 is 1.11 bits per heavy atom. The Hall–Kier alpha value is -1.32. The average Bonchev–Trinajstić information content (AvgIpc) is 2.97. The van der Waals surface area contributed by atoms with Crippen LogP contribution in [0.5, 0.6) is 0 Å². The van der Waals surface area contributed by atoms with Crippen molar-refractivity contribution in [3.8, 4) is 0 Å². The van der Waals surface area contributed by atoms with E-state index in [4.69, 9.17) is 0 Å². The molecular weight excluding hydrogens is 348 g/mol. The third kappa shape index (κ3) is 3.02. The van der Waals surface area contributed by atoms with E-state index in [9.17, 15) is 10.0 Å². The second-order valence-electron chi connectivity index (χ2n) is 11.5. The summed E-state index contributed by atoms with van der Waals surface area (Å²) in [7, 11) is 0. The first kappa shape index (κ1) is 20.0. The van der Waals surface area contributed by atoms with Crippen LogP contribution in [-0.4, -0.2) is 22.4 Å². The van der Waals surface area contributed by atoms with E-state index in [1.54, 1.807) is 0 Å². The Bertz CT molecular complexity index is 719. The summed E-state index contributed by atoms with van der Waals surface area (Å²) in [6.07, 6.45) is 11.2. The first-order valence-corrected chi connectivity index (χ1v) is 11.3. The van der Waals surface area contributed by atoms with Crippen LogP contribution >= 0.6 is 0 Å². The fourth-order valence-corrected chi connectivity index (χ4v) is 7.54. The predicted molar refractivity (Wildman–Crippen MR) is 112 cm³/mol. The molecule has 156 valence electrons. The molecule has 0 heterocycles. The molecule has 4 aliphatic rings. The molecule has 0 aliphatic heterocycles. The number of hydrogen-bond acceptors (Lipinski definition) is 3. The number of nitrogens with zero attached hydrogens (tertiary/aromatic N) is 1. The van der Waals surface area contributed by atoms with Gasteiger partial charge in [-0.15, -0.1) is 0 Å². The highest BCUT2D eigenvalue weighted by Crippen LogP contribution is 2.66. The van der Waals surface area contributed by atoms with E-state index >= 15 is 0 Å². The largest absolute Gasteiger partial charge is 0.411 e. The third-order valence-electron chi connectivity index (χ3n) is 8.92. The number of carbonyl (C=O) groups excluding carboxylic acids is 1. The fraction of sp³-hybridized carbons (Fsp3) is 0.833. The molecule has 4 rings (SSSR count). The van der Waals surface area contributed by atoms with Crippen LogP contribution in [0.25, 0.3) is 0 Å². The molecule has 0 aromatic rings. The fourth-order valence-electron chi connectivity index (χ4n) is 7.54. The van der Waals surface area contributed by atoms with Gasteiger partial charge in [0.05, 0.1) is 5.71 Å². The zero-order chi connectivity index (χ0) is 20.3. The maximum absolute atomic E-state index is 13.1. The van der Waals surface area contributed by atoms with Gasteiger partial charge in [-0.2, -0.15) is 0 Å². The minimum atomic E-state index is -0.158. The van der Waals surface area contributed by atoms with Gasteiger partial charge in [0, 0.05) is 11.5 Å². The molecule has 2 N–H and O–H groups in total. The number of oxime groups is 1. The minimum absolute atomic E-state index is 0.153. The van der Waals surface area contributed by atoms with Crippen molar-refractivity contribution in [1.82, 2.24) is 5.32 Å². The molecular formula is C24H38N2O2. The molecule has 0 aromatic carbocycles. The molecule has 4 heteroatoms. The normalized spacial score (nSPS) is 44.3. The van der Waals surface area contributed by atoms with E-state index in [1.807, 2.05) is 0 Å². The molecule has 6 atom stereocenters. The van der Waals surface area contributed by atoms with Gasteiger partial charge in [-0.05, 0) is 107 Å². The van der Waals surface area contributed by atoms with Crippen LogP contribution in [0.4, 0.5) is 0 Å². The minimum Gasteiger partial charge on any atom is -0.411 e. The second kappa shape index (κ2) is 6.60. The average molecular weight is 387 g/mol. The zero-order valence-corrected chi connectivity index (χ0v) is 18.3. The van der Waals surface area contributed by atoms with Crippen molar-refractivity contribution < 1.29 is 10.0 Å². The lowest BCUT2D eigenvalue weighted by Gasteiger charge is -2.58. The topological polar surface area (TPSA) is 61.7 Å². The van der Waals surface area contributed by atoms with Crippen molar-refractivity contribution in [3.63, 3.8) is 0 Å². The Labute approximate surface area is 170 Å². The van der Waals surface area contributed by atoms with E-state index in [2.05, 4.69) is 51.2 Å². The highest BCUT2D eigenvalue weighted by molar-refractivity contribution is 5.96. The Kier molecular flexibility index (Phi) is 4.71. The van der Waals surface area contributed by atoms with Gasteiger partial charge in [0.2, 0.25) is 5.91 Å². The zero-order valence-electron chi connectivity index (χ0n) is 18.3. The molecule has 0 bridgehead atoms. The van der Waals surface area contributed by atoms with E-state index in [1.165, 1.54) is 31.3 Å². The summed E-state index contributed by atoms with van der Waals surface area (Å²) in [5.74, 6) is 2.58. The number of rotatable bonds is 1. The van der Waals surface area contributed by atoms with Gasteiger partial charge in [-0.25, -0.2) is 0 Å². The van der Waals surface area contributed by atoms with Gasteiger partial charge in [0.1, 0.15) is 0 Å². The van der Waals surface area contributed by atoms with Crippen LogP contribution in [0.15, 0.2) is 16.8 Å². The van der Waals surface area contributed by atoms with E-state index in [0.29, 0.717) is 5.92 Å². The van der Waals surface area contributed by atoms with Crippen LogP contribution in [0.1, 0.15) is 86.0 Å². The van der Waals surface area contributed by atoms with E-state index < -0.39 is 0 Å². The van der Waals surface area contributed by atoms with Crippen molar-refractivity contribution in [1.29, 1.82) is 0 Å². The molecule has 0 aromatic heterocycles. The molecule has 0 spiro atoms. The Morgan fingerprint density at radius 2 is 1.86 bits per heavy atom. The summed E-state index contributed by atoms with van der Waals surface area (Å²) in [5.41, 5.74) is 2.61.